The molecule has 0 heterocycles. The van der Waals surface area contributed by atoms with Gasteiger partial charge in [-0.3, -0.25) is 0 Å². The first-order valence-electron chi connectivity index (χ1n) is 6.46. The first-order chi connectivity index (χ1) is 7.38. The molecule has 15 heavy (non-hydrogen) atoms. The summed E-state index contributed by atoms with van der Waals surface area (Å²) >= 11 is 0. The summed E-state index contributed by atoms with van der Waals surface area (Å²) < 4.78 is 0. The van der Waals surface area contributed by atoms with Gasteiger partial charge in [-0.2, -0.15) is 0 Å². The van der Waals surface area contributed by atoms with Crippen molar-refractivity contribution in [3.05, 3.63) is 0 Å². The van der Waals surface area contributed by atoms with Crippen LogP contribution in [0.1, 0.15) is 51.4 Å². The van der Waals surface area contributed by atoms with Crippen LogP contribution in [0.4, 0.5) is 0 Å². The molecule has 0 aromatic carbocycles. The van der Waals surface area contributed by atoms with Crippen molar-refractivity contribution >= 4 is 0 Å². The van der Waals surface area contributed by atoms with E-state index in [4.69, 9.17) is 6.42 Å². The minimum absolute atomic E-state index is 0.898. The minimum Gasteiger partial charge on any atom is -0.319 e. The lowest BCUT2D eigenvalue weighted by molar-refractivity contribution is 0.284. The van der Waals surface area contributed by atoms with Crippen LogP contribution in [0.2, 0.25) is 0 Å². The predicted molar refractivity (Wildman–Crippen MR) is 66.7 cm³/mol. The van der Waals surface area contributed by atoms with Gasteiger partial charge in [-0.15, -0.1) is 12.3 Å². The van der Waals surface area contributed by atoms with Gasteiger partial charge in [-0.1, -0.05) is 25.7 Å². The second kappa shape index (κ2) is 7.77. The lowest BCUT2D eigenvalue weighted by atomic mass is 9.84. The Hall–Kier alpha value is -0.480. The Kier molecular flexibility index (Phi) is 6.52. The van der Waals surface area contributed by atoms with E-state index >= 15 is 0 Å². The molecule has 1 N–H and O–H groups in total. The van der Waals surface area contributed by atoms with Crippen LogP contribution in [0.5, 0.6) is 0 Å². The summed E-state index contributed by atoms with van der Waals surface area (Å²) in [6.45, 7) is 1.20. The highest BCUT2D eigenvalue weighted by molar-refractivity contribution is 4.84. The Morgan fingerprint density at radius 2 is 1.93 bits per heavy atom. The lowest BCUT2D eigenvalue weighted by Gasteiger charge is -2.24. The molecule has 1 aliphatic rings. The molecule has 2 atom stereocenters. The fourth-order valence-electron chi connectivity index (χ4n) is 2.84. The van der Waals surface area contributed by atoms with E-state index in [-0.39, 0.29) is 0 Å². The van der Waals surface area contributed by atoms with Gasteiger partial charge in [0.25, 0.3) is 0 Å². The van der Waals surface area contributed by atoms with E-state index < -0.39 is 0 Å². The maximum Gasteiger partial charge on any atom is 0.00861 e. The third-order valence-corrected chi connectivity index (χ3v) is 3.68. The normalized spacial score (nSPS) is 26.9. The van der Waals surface area contributed by atoms with E-state index in [1.54, 1.807) is 0 Å². The number of rotatable bonds is 5. The van der Waals surface area contributed by atoms with E-state index in [0.717, 1.165) is 18.3 Å². The molecule has 0 spiro atoms. The first-order valence-corrected chi connectivity index (χ1v) is 6.46. The maximum absolute atomic E-state index is 5.31. The zero-order valence-corrected chi connectivity index (χ0v) is 10.1. The average molecular weight is 207 g/mol. The summed E-state index contributed by atoms with van der Waals surface area (Å²) in [4.78, 5) is 0. The van der Waals surface area contributed by atoms with Gasteiger partial charge in [0.15, 0.2) is 0 Å². The SMILES string of the molecule is C#CCCCC1CCCCCC1CNC. The van der Waals surface area contributed by atoms with E-state index in [2.05, 4.69) is 18.3 Å². The largest absolute Gasteiger partial charge is 0.319 e. The van der Waals surface area contributed by atoms with Gasteiger partial charge >= 0.3 is 0 Å². The summed E-state index contributed by atoms with van der Waals surface area (Å²) in [6.07, 6.45) is 16.0. The van der Waals surface area contributed by atoms with Crippen molar-refractivity contribution in [1.29, 1.82) is 0 Å². The monoisotopic (exact) mass is 207 g/mol. The maximum atomic E-state index is 5.31. The molecule has 0 aliphatic heterocycles. The highest BCUT2D eigenvalue weighted by Gasteiger charge is 2.22. The Morgan fingerprint density at radius 1 is 1.20 bits per heavy atom. The van der Waals surface area contributed by atoms with E-state index in [1.807, 2.05) is 0 Å². The summed E-state index contributed by atoms with van der Waals surface area (Å²) in [6, 6.07) is 0. The highest BCUT2D eigenvalue weighted by atomic mass is 14.8. The van der Waals surface area contributed by atoms with Crippen LogP contribution < -0.4 is 5.32 Å². The van der Waals surface area contributed by atoms with Crippen LogP contribution in [0.3, 0.4) is 0 Å². The summed E-state index contributed by atoms with van der Waals surface area (Å²) in [5.41, 5.74) is 0. The average Bonchev–Trinajstić information content (AvgIpc) is 2.45. The number of terminal acetylenes is 1. The molecule has 1 fully saturated rings. The van der Waals surface area contributed by atoms with Crippen LogP contribution in [-0.4, -0.2) is 13.6 Å². The van der Waals surface area contributed by atoms with Crippen molar-refractivity contribution < 1.29 is 0 Å². The van der Waals surface area contributed by atoms with Gasteiger partial charge in [0.05, 0.1) is 0 Å². The van der Waals surface area contributed by atoms with E-state index in [0.29, 0.717) is 0 Å². The molecule has 1 nitrogen and oxygen atoms in total. The van der Waals surface area contributed by atoms with Crippen molar-refractivity contribution in [3.8, 4) is 12.3 Å². The van der Waals surface area contributed by atoms with Crippen molar-refractivity contribution in [1.82, 2.24) is 5.32 Å². The number of hydrogen-bond acceptors (Lipinski definition) is 1. The quantitative estimate of drug-likeness (QED) is 0.415. The Morgan fingerprint density at radius 3 is 2.60 bits per heavy atom. The lowest BCUT2D eigenvalue weighted by Crippen LogP contribution is -2.25. The highest BCUT2D eigenvalue weighted by Crippen LogP contribution is 2.31. The zero-order chi connectivity index (χ0) is 10.9. The molecule has 1 aliphatic carbocycles. The summed E-state index contributed by atoms with van der Waals surface area (Å²) in [5.74, 6) is 4.58. The molecule has 0 bridgehead atoms. The second-order valence-electron chi connectivity index (χ2n) is 4.81. The van der Waals surface area contributed by atoms with Crippen molar-refractivity contribution in [3.63, 3.8) is 0 Å². The molecule has 1 rings (SSSR count). The molecular weight excluding hydrogens is 182 g/mol. The van der Waals surface area contributed by atoms with Crippen molar-refractivity contribution in [2.75, 3.05) is 13.6 Å². The third-order valence-electron chi connectivity index (χ3n) is 3.68. The Balaban J connectivity index is 2.36. The van der Waals surface area contributed by atoms with Crippen LogP contribution in [-0.2, 0) is 0 Å². The van der Waals surface area contributed by atoms with Gasteiger partial charge in [0, 0.05) is 6.42 Å². The van der Waals surface area contributed by atoms with Crippen LogP contribution in [0.25, 0.3) is 0 Å². The van der Waals surface area contributed by atoms with Crippen LogP contribution in [0.15, 0.2) is 0 Å². The second-order valence-corrected chi connectivity index (χ2v) is 4.81. The molecular formula is C14H25N. The number of nitrogens with one attached hydrogen (secondary N) is 1. The van der Waals surface area contributed by atoms with Gasteiger partial charge in [-0.05, 0) is 44.7 Å². The standard InChI is InChI=1S/C14H25N/c1-3-4-6-9-13-10-7-5-8-11-14(13)12-15-2/h1,13-15H,4-12H2,2H3. The van der Waals surface area contributed by atoms with Crippen molar-refractivity contribution in [2.24, 2.45) is 11.8 Å². The molecule has 86 valence electrons. The van der Waals surface area contributed by atoms with E-state index in [9.17, 15) is 0 Å². The van der Waals surface area contributed by atoms with Gasteiger partial charge in [0.2, 0.25) is 0 Å². The first kappa shape index (κ1) is 12.6. The molecule has 0 aromatic rings. The fourth-order valence-corrected chi connectivity index (χ4v) is 2.84. The van der Waals surface area contributed by atoms with Gasteiger partial charge < -0.3 is 5.32 Å². The summed E-state index contributed by atoms with van der Waals surface area (Å²) in [7, 11) is 2.07. The number of unbranched alkanes of at least 4 members (excludes halogenated alkanes) is 1. The topological polar surface area (TPSA) is 12.0 Å². The molecule has 0 radical (unpaired) electrons. The van der Waals surface area contributed by atoms with Gasteiger partial charge in [0.1, 0.15) is 0 Å². The van der Waals surface area contributed by atoms with Crippen LogP contribution in [0, 0.1) is 24.2 Å². The molecule has 0 saturated heterocycles. The molecule has 0 aromatic heterocycles. The Labute approximate surface area is 95.0 Å². The summed E-state index contributed by atoms with van der Waals surface area (Å²) in [5, 5.41) is 3.35. The molecule has 0 amide bonds. The predicted octanol–water partition coefficient (Wildman–Crippen LogP) is 3.21. The van der Waals surface area contributed by atoms with E-state index in [1.165, 1.54) is 51.5 Å². The molecule has 1 heteroatoms. The smallest absolute Gasteiger partial charge is 0.00861 e. The third kappa shape index (κ3) is 4.71. The van der Waals surface area contributed by atoms with Crippen molar-refractivity contribution in [2.45, 2.75) is 51.4 Å². The fraction of sp³-hybridized carbons (Fsp3) is 0.857. The van der Waals surface area contributed by atoms with Gasteiger partial charge in [-0.25, -0.2) is 0 Å². The minimum atomic E-state index is 0.898. The molecule has 2 unspecified atom stereocenters. The number of hydrogen-bond donors (Lipinski definition) is 1. The zero-order valence-electron chi connectivity index (χ0n) is 10.1. The Bertz CT molecular complexity index is 192. The van der Waals surface area contributed by atoms with Crippen LogP contribution >= 0.6 is 0 Å². The molecule has 1 saturated carbocycles.